The van der Waals surface area contributed by atoms with Crippen molar-refractivity contribution in [3.05, 3.63) is 36.5 Å². The lowest BCUT2D eigenvalue weighted by atomic mass is 9.79. The Hall–Kier alpha value is -0.780. The quantitative estimate of drug-likeness (QED) is 0.526. The Morgan fingerprint density at radius 1 is 0.450 bits per heavy atom. The van der Waals surface area contributed by atoms with Gasteiger partial charge >= 0.3 is 0 Å². The van der Waals surface area contributed by atoms with Crippen LogP contribution in [0.2, 0.25) is 0 Å². The first-order valence-electron chi connectivity index (χ1n) is 8.75. The van der Waals surface area contributed by atoms with Crippen LogP contribution in [0, 0.1) is 23.7 Å². The molecule has 2 saturated carbocycles. The second-order valence-electron chi connectivity index (χ2n) is 6.79. The number of hydrogen-bond acceptors (Lipinski definition) is 0. The van der Waals surface area contributed by atoms with E-state index in [4.69, 9.17) is 0 Å². The summed E-state index contributed by atoms with van der Waals surface area (Å²) in [6, 6.07) is 0. The van der Waals surface area contributed by atoms with Gasteiger partial charge in [0.15, 0.2) is 0 Å². The van der Waals surface area contributed by atoms with Gasteiger partial charge in [-0.2, -0.15) is 0 Å². The maximum absolute atomic E-state index is 2.56. The molecule has 112 valence electrons. The third-order valence-corrected chi connectivity index (χ3v) is 5.22. The van der Waals surface area contributed by atoms with Gasteiger partial charge in [-0.15, -0.1) is 0 Å². The van der Waals surface area contributed by atoms with Crippen molar-refractivity contribution in [1.29, 1.82) is 0 Å². The van der Waals surface area contributed by atoms with Gasteiger partial charge in [-0.1, -0.05) is 36.5 Å². The summed E-state index contributed by atoms with van der Waals surface area (Å²) >= 11 is 0. The highest BCUT2D eigenvalue weighted by molar-refractivity contribution is 4.99. The fourth-order valence-electron chi connectivity index (χ4n) is 3.92. The van der Waals surface area contributed by atoms with Crippen LogP contribution in [0.4, 0.5) is 0 Å². The van der Waals surface area contributed by atoms with E-state index in [1.165, 1.54) is 51.4 Å². The molecule has 0 bridgehead atoms. The third kappa shape index (κ3) is 4.96. The number of allylic oxidation sites excluding steroid dienone is 6. The minimum atomic E-state index is 0.862. The molecule has 0 aromatic heterocycles. The first-order chi connectivity index (χ1) is 9.81. The average molecular weight is 272 g/mol. The van der Waals surface area contributed by atoms with Gasteiger partial charge < -0.3 is 0 Å². The molecule has 0 radical (unpaired) electrons. The molecule has 0 nitrogen and oxygen atoms in total. The highest BCUT2D eigenvalue weighted by atomic mass is 14.2. The second-order valence-corrected chi connectivity index (χ2v) is 6.79. The lowest BCUT2D eigenvalue weighted by Crippen LogP contribution is -2.13. The van der Waals surface area contributed by atoms with Gasteiger partial charge in [-0.05, 0) is 88.9 Å². The molecule has 0 amide bonds. The Kier molecular flexibility index (Phi) is 6.63. The first-order valence-corrected chi connectivity index (χ1v) is 8.75. The molecule has 0 N–H and O–H groups in total. The van der Waals surface area contributed by atoms with Gasteiger partial charge in [0.2, 0.25) is 0 Å². The Balaban J connectivity index is 1.69. The zero-order valence-corrected chi connectivity index (χ0v) is 13.4. The molecule has 0 aromatic carbocycles. The van der Waals surface area contributed by atoms with Crippen LogP contribution in [0.5, 0.6) is 0 Å². The van der Waals surface area contributed by atoms with Crippen molar-refractivity contribution in [2.45, 2.75) is 65.2 Å². The molecule has 0 aliphatic heterocycles. The van der Waals surface area contributed by atoms with Crippen molar-refractivity contribution in [3.63, 3.8) is 0 Å². The van der Waals surface area contributed by atoms with Crippen LogP contribution in [0.3, 0.4) is 0 Å². The summed E-state index contributed by atoms with van der Waals surface area (Å²) in [5.41, 5.74) is 0. The zero-order chi connectivity index (χ0) is 14.2. The molecule has 2 fully saturated rings. The molecule has 20 heavy (non-hydrogen) atoms. The molecule has 0 heteroatoms. The summed E-state index contributed by atoms with van der Waals surface area (Å²) in [4.78, 5) is 0. The van der Waals surface area contributed by atoms with Gasteiger partial charge in [0, 0.05) is 0 Å². The van der Waals surface area contributed by atoms with Crippen LogP contribution in [-0.4, -0.2) is 0 Å². The summed E-state index contributed by atoms with van der Waals surface area (Å²) in [5.74, 6) is 3.45. The highest BCUT2D eigenvalue weighted by Crippen LogP contribution is 2.33. The van der Waals surface area contributed by atoms with E-state index in [-0.39, 0.29) is 0 Å². The van der Waals surface area contributed by atoms with E-state index in [0.29, 0.717) is 0 Å². The van der Waals surface area contributed by atoms with Gasteiger partial charge in [0.1, 0.15) is 0 Å². The average Bonchev–Trinajstić information content (AvgIpc) is 2.49. The molecule has 2 rings (SSSR count). The SMILES string of the molecule is CC=CC1CCC(C=CC2CCC(C=CC)CC2)CC1. The number of rotatable bonds is 4. The molecule has 2 aliphatic rings. The molecule has 0 saturated heterocycles. The molecule has 0 unspecified atom stereocenters. The third-order valence-electron chi connectivity index (χ3n) is 5.22. The Morgan fingerprint density at radius 3 is 0.950 bits per heavy atom. The second kappa shape index (κ2) is 8.49. The van der Waals surface area contributed by atoms with Crippen molar-refractivity contribution in [3.8, 4) is 0 Å². The summed E-state index contributed by atoms with van der Waals surface area (Å²) < 4.78 is 0. The van der Waals surface area contributed by atoms with Gasteiger partial charge in [-0.3, -0.25) is 0 Å². The Labute approximate surface area is 126 Å². The normalized spacial score (nSPS) is 36.3. The Morgan fingerprint density at radius 2 is 0.700 bits per heavy atom. The van der Waals surface area contributed by atoms with Crippen molar-refractivity contribution in [2.75, 3.05) is 0 Å². The van der Waals surface area contributed by atoms with E-state index in [0.717, 1.165) is 23.7 Å². The summed E-state index contributed by atoms with van der Waals surface area (Å²) in [6.45, 7) is 4.30. The maximum Gasteiger partial charge on any atom is -0.0233 e. The lowest BCUT2D eigenvalue weighted by Gasteiger charge is -2.27. The minimum absolute atomic E-state index is 0.862. The molecule has 0 heterocycles. The predicted molar refractivity (Wildman–Crippen MR) is 89.7 cm³/mol. The summed E-state index contributed by atoms with van der Waals surface area (Å²) in [7, 11) is 0. The van der Waals surface area contributed by atoms with E-state index in [1.807, 2.05) is 0 Å². The molecule has 0 aromatic rings. The van der Waals surface area contributed by atoms with Crippen LogP contribution in [0.15, 0.2) is 36.5 Å². The summed E-state index contributed by atoms with van der Waals surface area (Å²) in [6.07, 6.45) is 25.6. The van der Waals surface area contributed by atoms with Crippen LogP contribution in [0.25, 0.3) is 0 Å². The van der Waals surface area contributed by atoms with Gasteiger partial charge in [0.05, 0.1) is 0 Å². The van der Waals surface area contributed by atoms with Crippen LogP contribution >= 0.6 is 0 Å². The highest BCUT2D eigenvalue weighted by Gasteiger charge is 2.19. The van der Waals surface area contributed by atoms with Crippen molar-refractivity contribution in [1.82, 2.24) is 0 Å². The fourth-order valence-corrected chi connectivity index (χ4v) is 3.92. The standard InChI is InChI=1S/C20H32/c1-3-5-17-7-11-19(12-8-17)15-16-20-13-9-18(6-4-2)10-14-20/h3-6,15-20H,7-14H2,1-2H3. The topological polar surface area (TPSA) is 0 Å². The molecule has 2 aliphatic carbocycles. The van der Waals surface area contributed by atoms with Crippen LogP contribution in [0.1, 0.15) is 65.2 Å². The first kappa shape index (κ1) is 15.6. The Bertz CT molecular complexity index is 297. The van der Waals surface area contributed by atoms with Gasteiger partial charge in [0.25, 0.3) is 0 Å². The van der Waals surface area contributed by atoms with Gasteiger partial charge in [-0.25, -0.2) is 0 Å². The monoisotopic (exact) mass is 272 g/mol. The van der Waals surface area contributed by atoms with Crippen LogP contribution in [-0.2, 0) is 0 Å². The number of hydrogen-bond donors (Lipinski definition) is 0. The van der Waals surface area contributed by atoms with Crippen molar-refractivity contribution in [2.24, 2.45) is 23.7 Å². The minimum Gasteiger partial charge on any atom is -0.0914 e. The molecule has 0 atom stereocenters. The largest absolute Gasteiger partial charge is 0.0914 e. The zero-order valence-electron chi connectivity index (χ0n) is 13.4. The van der Waals surface area contributed by atoms with E-state index in [9.17, 15) is 0 Å². The maximum atomic E-state index is 2.56. The molecular weight excluding hydrogens is 240 g/mol. The molecular formula is C20H32. The van der Waals surface area contributed by atoms with E-state index in [1.54, 1.807) is 0 Å². The van der Waals surface area contributed by atoms with E-state index in [2.05, 4.69) is 50.3 Å². The van der Waals surface area contributed by atoms with Crippen molar-refractivity contribution < 1.29 is 0 Å². The molecule has 0 spiro atoms. The van der Waals surface area contributed by atoms with E-state index >= 15 is 0 Å². The van der Waals surface area contributed by atoms with Crippen molar-refractivity contribution >= 4 is 0 Å². The fraction of sp³-hybridized carbons (Fsp3) is 0.700. The van der Waals surface area contributed by atoms with E-state index < -0.39 is 0 Å². The van der Waals surface area contributed by atoms with Crippen LogP contribution < -0.4 is 0 Å². The smallest absolute Gasteiger partial charge is 0.0233 e. The lowest BCUT2D eigenvalue weighted by molar-refractivity contribution is 0.342. The predicted octanol–water partition coefficient (Wildman–Crippen LogP) is 6.31. The summed E-state index contributed by atoms with van der Waals surface area (Å²) in [5, 5.41) is 0.